The van der Waals surface area contributed by atoms with Crippen LogP contribution in [-0.2, 0) is 19.2 Å². The second-order valence-corrected chi connectivity index (χ2v) is 5.72. The number of carbonyl (C=O) groups excluding carboxylic acids is 3. The van der Waals surface area contributed by atoms with Crippen LogP contribution in [0.3, 0.4) is 0 Å². The van der Waals surface area contributed by atoms with Crippen LogP contribution in [0.15, 0.2) is 10.5 Å². The van der Waals surface area contributed by atoms with Crippen molar-refractivity contribution in [1.29, 1.82) is 0 Å². The highest BCUT2D eigenvalue weighted by molar-refractivity contribution is 7.14. The molecule has 0 aliphatic carbocycles. The highest BCUT2D eigenvalue weighted by Gasteiger charge is 2.38. The number of nitrogens with one attached hydrogen (secondary N) is 3. The van der Waals surface area contributed by atoms with E-state index >= 15 is 0 Å². The molecule has 124 valence electrons. The van der Waals surface area contributed by atoms with Crippen molar-refractivity contribution in [3.8, 4) is 0 Å². The lowest BCUT2D eigenvalue weighted by Gasteiger charge is -2.34. The molecular formula is C12H14ClN5O4S. The Morgan fingerprint density at radius 1 is 1.57 bits per heavy atom. The minimum Gasteiger partial charge on any atom is -0.398 e. The average Bonchev–Trinajstić information content (AvgIpc) is 2.98. The molecule has 11 heteroatoms. The lowest BCUT2D eigenvalue weighted by molar-refractivity contribution is -0.134. The molecule has 2 heterocycles. The van der Waals surface area contributed by atoms with E-state index in [2.05, 4.69) is 30.9 Å². The molecule has 0 aromatic carbocycles. The van der Waals surface area contributed by atoms with E-state index in [0.29, 0.717) is 0 Å². The molecule has 1 saturated heterocycles. The third-order valence-corrected chi connectivity index (χ3v) is 3.95. The summed E-state index contributed by atoms with van der Waals surface area (Å²) in [5.74, 6) is -1.49. The van der Waals surface area contributed by atoms with Gasteiger partial charge in [0.1, 0.15) is 24.7 Å². The summed E-state index contributed by atoms with van der Waals surface area (Å²) in [5.41, 5.74) is 0.119. The first kappa shape index (κ1) is 17.2. The maximum atomic E-state index is 12.3. The zero-order valence-corrected chi connectivity index (χ0v) is 13.8. The number of nitrogens with zero attached hydrogens (tertiary/aromatic N) is 2. The van der Waals surface area contributed by atoms with E-state index in [1.165, 1.54) is 12.5 Å². The molecule has 1 aliphatic rings. The van der Waals surface area contributed by atoms with Crippen LogP contribution >= 0.6 is 22.9 Å². The number of rotatable bonds is 6. The number of hydrogen-bond donors (Lipinski definition) is 3. The summed E-state index contributed by atoms with van der Waals surface area (Å²) in [7, 11) is 1.29. The molecule has 23 heavy (non-hydrogen) atoms. The molecule has 2 rings (SSSR count). The third-order valence-electron chi connectivity index (χ3n) is 2.95. The van der Waals surface area contributed by atoms with Gasteiger partial charge in [-0.25, -0.2) is 4.98 Å². The van der Waals surface area contributed by atoms with Gasteiger partial charge in [0.2, 0.25) is 11.8 Å². The number of anilines is 1. The highest BCUT2D eigenvalue weighted by atomic mass is 35.5. The number of carbonyl (C=O) groups is 3. The molecule has 0 bridgehead atoms. The first-order chi connectivity index (χ1) is 11.0. The van der Waals surface area contributed by atoms with Gasteiger partial charge in [-0.3, -0.25) is 14.4 Å². The van der Waals surface area contributed by atoms with Crippen LogP contribution in [0.4, 0.5) is 5.13 Å². The number of amides is 3. The minimum atomic E-state index is -0.626. The molecule has 2 atom stereocenters. The molecule has 0 spiro atoms. The summed E-state index contributed by atoms with van der Waals surface area (Å²) >= 11 is 6.50. The molecule has 1 aromatic rings. The Balaban J connectivity index is 2.12. The molecule has 0 saturated carbocycles. The Kier molecular flexibility index (Phi) is 5.50. The number of thiazole rings is 1. The van der Waals surface area contributed by atoms with Crippen molar-refractivity contribution in [1.82, 2.24) is 15.6 Å². The molecule has 3 N–H and O–H groups in total. The average molecular weight is 360 g/mol. The van der Waals surface area contributed by atoms with Gasteiger partial charge in [-0.05, 0) is 6.92 Å². The summed E-state index contributed by atoms with van der Waals surface area (Å²) in [6.07, 6.45) is 0. The van der Waals surface area contributed by atoms with Crippen LogP contribution in [0.25, 0.3) is 0 Å². The van der Waals surface area contributed by atoms with Crippen LogP contribution in [0.1, 0.15) is 12.6 Å². The van der Waals surface area contributed by atoms with E-state index in [1.54, 1.807) is 6.92 Å². The molecule has 1 aromatic heterocycles. The number of halogens is 1. The van der Waals surface area contributed by atoms with Gasteiger partial charge >= 0.3 is 0 Å². The largest absolute Gasteiger partial charge is 0.398 e. The molecule has 9 nitrogen and oxygen atoms in total. The van der Waals surface area contributed by atoms with Gasteiger partial charge in [-0.15, -0.1) is 22.9 Å². The van der Waals surface area contributed by atoms with Gasteiger partial charge in [0.05, 0.1) is 6.04 Å². The zero-order chi connectivity index (χ0) is 17.0. The van der Waals surface area contributed by atoms with Crippen LogP contribution in [0.2, 0.25) is 0 Å². The van der Waals surface area contributed by atoms with E-state index in [1.807, 2.05) is 0 Å². The monoisotopic (exact) mass is 359 g/mol. The Bertz CT molecular complexity index is 662. The summed E-state index contributed by atoms with van der Waals surface area (Å²) in [4.78, 5) is 43.6. The van der Waals surface area contributed by atoms with Crippen molar-refractivity contribution in [2.45, 2.75) is 19.0 Å². The van der Waals surface area contributed by atoms with Gasteiger partial charge in [-0.1, -0.05) is 5.16 Å². The fourth-order valence-corrected chi connectivity index (χ4v) is 2.60. The first-order valence-corrected chi connectivity index (χ1v) is 7.91. The predicted octanol–water partition coefficient (Wildman–Crippen LogP) is -0.326. The van der Waals surface area contributed by atoms with Crippen molar-refractivity contribution in [3.05, 3.63) is 11.1 Å². The Morgan fingerprint density at radius 2 is 2.30 bits per heavy atom. The van der Waals surface area contributed by atoms with E-state index in [9.17, 15) is 14.4 Å². The second kappa shape index (κ2) is 7.38. The molecule has 2 unspecified atom stereocenters. The number of oxime groups is 1. The Morgan fingerprint density at radius 3 is 2.87 bits per heavy atom. The summed E-state index contributed by atoms with van der Waals surface area (Å²) in [5, 5.41) is 13.1. The summed E-state index contributed by atoms with van der Waals surface area (Å²) in [6, 6.07) is -0.789. The topological polar surface area (TPSA) is 122 Å². The molecule has 1 aliphatic heterocycles. The third kappa shape index (κ3) is 3.96. The lowest BCUT2D eigenvalue weighted by atomic mass is 10.0. The smallest absolute Gasteiger partial charge is 0.276 e. The highest BCUT2D eigenvalue weighted by Crippen LogP contribution is 2.17. The summed E-state index contributed by atoms with van der Waals surface area (Å²) in [6.45, 7) is 1.77. The number of β-lactam (4-membered cyclic amide) rings is 1. The second-order valence-electron chi connectivity index (χ2n) is 4.59. The minimum absolute atomic E-state index is 0.0953. The van der Waals surface area contributed by atoms with E-state index in [-0.39, 0.29) is 34.4 Å². The quantitative estimate of drug-likeness (QED) is 0.278. The van der Waals surface area contributed by atoms with Crippen molar-refractivity contribution >= 4 is 51.5 Å². The van der Waals surface area contributed by atoms with Gasteiger partial charge in [0.25, 0.3) is 5.91 Å². The predicted molar refractivity (Wildman–Crippen MR) is 84.5 cm³/mol. The van der Waals surface area contributed by atoms with Crippen LogP contribution < -0.4 is 16.0 Å². The van der Waals surface area contributed by atoms with Crippen LogP contribution in [-0.4, -0.2) is 53.5 Å². The van der Waals surface area contributed by atoms with Crippen LogP contribution in [0.5, 0.6) is 0 Å². The normalized spacial score (nSPS) is 20.3. The number of alkyl halides is 1. The van der Waals surface area contributed by atoms with Crippen molar-refractivity contribution in [2.75, 3.05) is 18.3 Å². The fourth-order valence-electron chi connectivity index (χ4n) is 1.82. The van der Waals surface area contributed by atoms with Crippen LogP contribution in [0, 0.1) is 0 Å². The molecule has 0 radical (unpaired) electrons. The maximum absolute atomic E-state index is 12.3. The molecule has 3 amide bonds. The van der Waals surface area contributed by atoms with Gasteiger partial charge < -0.3 is 20.8 Å². The Labute approximate surface area is 140 Å². The van der Waals surface area contributed by atoms with E-state index in [4.69, 9.17) is 11.6 Å². The standard InChI is InChI=1S/C12H14ClN5O4S/c1-5-8(10(20)14-5)17-11(21)9(18-22-2)6-4-23-12(15-6)16-7(19)3-13/h4-5,8H,3H2,1-2H3,(H,14,20)(H,17,21)(H,15,16,19)/b18-9-. The molecule has 1 fully saturated rings. The van der Waals surface area contributed by atoms with Gasteiger partial charge in [0.15, 0.2) is 10.8 Å². The number of aromatic nitrogens is 1. The van der Waals surface area contributed by atoms with Crippen molar-refractivity contribution in [3.63, 3.8) is 0 Å². The lowest BCUT2D eigenvalue weighted by Crippen LogP contribution is -2.68. The fraction of sp³-hybridized carbons (Fsp3) is 0.417. The maximum Gasteiger partial charge on any atom is 0.276 e. The number of hydrogen-bond acceptors (Lipinski definition) is 7. The van der Waals surface area contributed by atoms with E-state index < -0.39 is 17.9 Å². The van der Waals surface area contributed by atoms with Gasteiger partial charge in [0, 0.05) is 5.38 Å². The van der Waals surface area contributed by atoms with Crippen molar-refractivity contribution < 1.29 is 19.2 Å². The first-order valence-electron chi connectivity index (χ1n) is 6.50. The SMILES string of the molecule is CO/N=C(\C(=O)NC1C(=O)NC1C)c1csc(NC(=O)CCl)n1. The summed E-state index contributed by atoms with van der Waals surface area (Å²) < 4.78 is 0. The van der Waals surface area contributed by atoms with Gasteiger partial charge in [-0.2, -0.15) is 0 Å². The zero-order valence-electron chi connectivity index (χ0n) is 12.3. The van der Waals surface area contributed by atoms with E-state index in [0.717, 1.165) is 11.3 Å². The van der Waals surface area contributed by atoms with Crippen molar-refractivity contribution in [2.24, 2.45) is 5.16 Å². The Hall–Kier alpha value is -2.20. The molecular weight excluding hydrogens is 346 g/mol.